The van der Waals surface area contributed by atoms with Gasteiger partial charge in [0, 0.05) is 32.4 Å². The van der Waals surface area contributed by atoms with Gasteiger partial charge in [0.05, 0.1) is 11.7 Å². The Morgan fingerprint density at radius 3 is 2.44 bits per heavy atom. The molecule has 0 atom stereocenters. The minimum Gasteiger partial charge on any atom is -0.466 e. The molecule has 1 aliphatic rings. The zero-order valence-corrected chi connectivity index (χ0v) is 16.2. The Hall–Kier alpha value is -2.83. The Balaban J connectivity index is 1.70. The first-order valence-electron chi connectivity index (χ1n) is 9.14. The van der Waals surface area contributed by atoms with Gasteiger partial charge < -0.3 is 19.0 Å². The monoisotopic (exact) mass is 371 g/mol. The highest BCUT2D eigenvalue weighted by molar-refractivity contribution is 5.96. The highest BCUT2D eigenvalue weighted by Gasteiger charge is 2.27. The molecule has 1 fully saturated rings. The maximum absolute atomic E-state index is 12.7. The molecule has 1 aliphatic heterocycles. The van der Waals surface area contributed by atoms with E-state index in [-0.39, 0.29) is 18.0 Å². The summed E-state index contributed by atoms with van der Waals surface area (Å²) in [7, 11) is 0. The number of piperazine rings is 1. The van der Waals surface area contributed by atoms with E-state index in [1.807, 2.05) is 30.6 Å². The number of amides is 1. The van der Waals surface area contributed by atoms with Gasteiger partial charge in [-0.2, -0.15) is 0 Å². The number of esters is 1. The number of aryl methyl sites for hydroxylation is 2. The van der Waals surface area contributed by atoms with Gasteiger partial charge in [0.25, 0.3) is 5.91 Å². The zero-order chi connectivity index (χ0) is 19.6. The van der Waals surface area contributed by atoms with E-state index in [2.05, 4.69) is 4.98 Å². The van der Waals surface area contributed by atoms with E-state index in [9.17, 15) is 9.59 Å². The van der Waals surface area contributed by atoms with Crippen LogP contribution in [0, 0.1) is 13.8 Å². The number of carbonyl (C=O) groups excluding carboxylic acids is 2. The summed E-state index contributed by atoms with van der Waals surface area (Å²) < 4.78 is 10.8. The lowest BCUT2D eigenvalue weighted by Gasteiger charge is -2.36. The lowest BCUT2D eigenvalue weighted by Crippen LogP contribution is -2.49. The van der Waals surface area contributed by atoms with Gasteiger partial charge in [-0.1, -0.05) is 0 Å². The van der Waals surface area contributed by atoms with Crippen molar-refractivity contribution in [2.75, 3.05) is 31.1 Å². The summed E-state index contributed by atoms with van der Waals surface area (Å²) in [5.41, 5.74) is 1.06. The van der Waals surface area contributed by atoms with Gasteiger partial charge in [-0.25, -0.2) is 9.78 Å². The summed E-state index contributed by atoms with van der Waals surface area (Å²) in [5, 5.41) is 0. The maximum Gasteiger partial charge on any atom is 0.342 e. The number of aromatic nitrogens is 1. The van der Waals surface area contributed by atoms with Gasteiger partial charge >= 0.3 is 5.97 Å². The van der Waals surface area contributed by atoms with Gasteiger partial charge in [0.2, 0.25) is 0 Å². The van der Waals surface area contributed by atoms with Crippen molar-refractivity contribution in [3.63, 3.8) is 0 Å². The molecule has 1 saturated heterocycles. The summed E-state index contributed by atoms with van der Waals surface area (Å²) in [6, 6.07) is 5.23. The highest BCUT2D eigenvalue weighted by atomic mass is 16.5. The zero-order valence-electron chi connectivity index (χ0n) is 16.2. The molecule has 27 heavy (non-hydrogen) atoms. The minimum atomic E-state index is -0.379. The first kappa shape index (κ1) is 18.9. The topological polar surface area (TPSA) is 75.9 Å². The largest absolute Gasteiger partial charge is 0.466 e. The third-order valence-corrected chi connectivity index (χ3v) is 4.49. The molecule has 0 aliphatic carbocycles. The van der Waals surface area contributed by atoms with Crippen LogP contribution in [0.1, 0.15) is 46.1 Å². The second-order valence-corrected chi connectivity index (χ2v) is 6.93. The van der Waals surface area contributed by atoms with Crippen LogP contribution in [0.3, 0.4) is 0 Å². The van der Waals surface area contributed by atoms with Crippen LogP contribution in [0.4, 0.5) is 5.82 Å². The van der Waals surface area contributed by atoms with E-state index >= 15 is 0 Å². The van der Waals surface area contributed by atoms with E-state index in [4.69, 9.17) is 9.15 Å². The number of hydrogen-bond acceptors (Lipinski definition) is 6. The lowest BCUT2D eigenvalue weighted by molar-refractivity contribution is 0.0377. The molecule has 7 heteroatoms. The fourth-order valence-corrected chi connectivity index (χ4v) is 3.22. The molecule has 0 unspecified atom stereocenters. The summed E-state index contributed by atoms with van der Waals surface area (Å²) in [4.78, 5) is 33.3. The van der Waals surface area contributed by atoms with E-state index in [0.29, 0.717) is 48.9 Å². The SMILES string of the molecule is Cc1cc(C(=O)N2CCN(c3ncccc3C(=O)OC(C)C)CC2)c(C)o1. The first-order chi connectivity index (χ1) is 12.9. The van der Waals surface area contributed by atoms with Crippen molar-refractivity contribution in [3.05, 3.63) is 47.0 Å². The van der Waals surface area contributed by atoms with Gasteiger partial charge in [-0.05, 0) is 45.9 Å². The Kier molecular flexibility index (Phi) is 5.48. The normalized spacial score (nSPS) is 14.6. The Bertz CT molecular complexity index is 836. The third-order valence-electron chi connectivity index (χ3n) is 4.49. The van der Waals surface area contributed by atoms with Crippen molar-refractivity contribution in [2.24, 2.45) is 0 Å². The number of nitrogens with zero attached hydrogens (tertiary/aromatic N) is 3. The number of rotatable bonds is 4. The van der Waals surface area contributed by atoms with Crippen LogP contribution in [0.25, 0.3) is 0 Å². The number of carbonyl (C=O) groups is 2. The fourth-order valence-electron chi connectivity index (χ4n) is 3.22. The molecule has 2 aromatic heterocycles. The van der Waals surface area contributed by atoms with Gasteiger partial charge in [-0.15, -0.1) is 0 Å². The average molecular weight is 371 g/mol. The molecule has 0 bridgehead atoms. The standard InChI is InChI=1S/C20H25N3O4/c1-13(2)26-20(25)16-6-5-7-21-18(16)22-8-10-23(11-9-22)19(24)17-12-14(3)27-15(17)4/h5-7,12-13H,8-11H2,1-4H3. The van der Waals surface area contributed by atoms with Gasteiger partial charge in [0.1, 0.15) is 22.9 Å². The third kappa shape index (κ3) is 4.13. The number of furan rings is 1. The molecule has 3 heterocycles. The lowest BCUT2D eigenvalue weighted by atomic mass is 10.2. The molecule has 0 radical (unpaired) electrons. The molecule has 2 aromatic rings. The van der Waals surface area contributed by atoms with E-state index in [0.717, 1.165) is 5.76 Å². The summed E-state index contributed by atoms with van der Waals surface area (Å²) in [6.07, 6.45) is 1.47. The molecule has 144 valence electrons. The van der Waals surface area contributed by atoms with Crippen LogP contribution < -0.4 is 4.90 Å². The molecule has 0 aromatic carbocycles. The quantitative estimate of drug-likeness (QED) is 0.770. The Morgan fingerprint density at radius 2 is 1.85 bits per heavy atom. The highest BCUT2D eigenvalue weighted by Crippen LogP contribution is 2.22. The van der Waals surface area contributed by atoms with E-state index < -0.39 is 0 Å². The molecule has 1 amide bonds. The van der Waals surface area contributed by atoms with Crippen LogP contribution in [-0.2, 0) is 4.74 Å². The molecular weight excluding hydrogens is 346 g/mol. The predicted molar refractivity (Wildman–Crippen MR) is 101 cm³/mol. The Labute approximate surface area is 158 Å². The first-order valence-corrected chi connectivity index (χ1v) is 9.14. The minimum absolute atomic E-state index is 0.0236. The summed E-state index contributed by atoms with van der Waals surface area (Å²) in [6.45, 7) is 9.57. The van der Waals surface area contributed by atoms with Crippen molar-refractivity contribution >= 4 is 17.7 Å². The van der Waals surface area contributed by atoms with Crippen molar-refractivity contribution in [3.8, 4) is 0 Å². The second-order valence-electron chi connectivity index (χ2n) is 6.93. The molecule has 0 spiro atoms. The maximum atomic E-state index is 12.7. The number of pyridine rings is 1. The van der Waals surface area contributed by atoms with Crippen LogP contribution in [0.2, 0.25) is 0 Å². The number of anilines is 1. The molecular formula is C20H25N3O4. The average Bonchev–Trinajstić information content (AvgIpc) is 2.99. The molecule has 0 N–H and O–H groups in total. The van der Waals surface area contributed by atoms with Crippen LogP contribution >= 0.6 is 0 Å². The van der Waals surface area contributed by atoms with Crippen molar-refractivity contribution in [2.45, 2.75) is 33.8 Å². The van der Waals surface area contributed by atoms with Crippen molar-refractivity contribution in [1.29, 1.82) is 0 Å². The van der Waals surface area contributed by atoms with Crippen molar-refractivity contribution < 1.29 is 18.7 Å². The summed E-state index contributed by atoms with van der Waals surface area (Å²) in [5.74, 6) is 1.57. The molecule has 3 rings (SSSR count). The van der Waals surface area contributed by atoms with E-state index in [1.165, 1.54) is 0 Å². The summed E-state index contributed by atoms with van der Waals surface area (Å²) >= 11 is 0. The second kappa shape index (κ2) is 7.82. The fraction of sp³-hybridized carbons (Fsp3) is 0.450. The molecule has 0 saturated carbocycles. The van der Waals surface area contributed by atoms with Crippen LogP contribution in [-0.4, -0.2) is 54.0 Å². The van der Waals surface area contributed by atoms with Gasteiger partial charge in [0.15, 0.2) is 0 Å². The molecule has 7 nitrogen and oxygen atoms in total. The van der Waals surface area contributed by atoms with Gasteiger partial charge in [-0.3, -0.25) is 4.79 Å². The van der Waals surface area contributed by atoms with E-state index in [1.54, 1.807) is 31.3 Å². The smallest absolute Gasteiger partial charge is 0.342 e. The predicted octanol–water partition coefficient (Wildman–Crippen LogP) is 2.82. The number of ether oxygens (including phenoxy) is 1. The van der Waals surface area contributed by atoms with Crippen LogP contribution in [0.15, 0.2) is 28.8 Å². The number of hydrogen-bond donors (Lipinski definition) is 0. The van der Waals surface area contributed by atoms with Crippen LogP contribution in [0.5, 0.6) is 0 Å². The van der Waals surface area contributed by atoms with Crippen molar-refractivity contribution in [1.82, 2.24) is 9.88 Å². The Morgan fingerprint density at radius 1 is 1.15 bits per heavy atom.